The Morgan fingerprint density at radius 2 is 1.78 bits per heavy atom. The molecule has 1 aromatic heterocycles. The number of aromatic nitrogens is 1. The van der Waals surface area contributed by atoms with Crippen LogP contribution in [0.25, 0.3) is 0 Å². The second kappa shape index (κ2) is 8.01. The fourth-order valence-corrected chi connectivity index (χ4v) is 4.18. The molecule has 3 aromatic rings. The molecule has 0 saturated carbocycles. The predicted molar refractivity (Wildman–Crippen MR) is 110 cm³/mol. The first-order chi connectivity index (χ1) is 13.3. The van der Waals surface area contributed by atoms with Crippen molar-refractivity contribution in [3.63, 3.8) is 0 Å². The summed E-state index contributed by atoms with van der Waals surface area (Å²) in [7, 11) is 1.76. The lowest BCUT2D eigenvalue weighted by Gasteiger charge is -2.31. The summed E-state index contributed by atoms with van der Waals surface area (Å²) in [6.45, 7) is 5.24. The Morgan fingerprint density at radius 1 is 0.963 bits per heavy atom. The maximum Gasteiger partial charge on any atom is 0.123 e. The lowest BCUT2D eigenvalue weighted by atomic mass is 9.99. The number of methoxy groups -OCH3 is 1. The van der Waals surface area contributed by atoms with Crippen LogP contribution in [0.15, 0.2) is 66.9 Å². The maximum absolute atomic E-state index is 5.61. The molecule has 0 bridgehead atoms. The summed E-state index contributed by atoms with van der Waals surface area (Å²) in [5, 5.41) is 0. The van der Waals surface area contributed by atoms with Gasteiger partial charge in [0.1, 0.15) is 5.75 Å². The Balaban J connectivity index is 1.73. The number of hydrogen-bond acceptors (Lipinski definition) is 2. The average Bonchev–Trinajstić information content (AvgIpc) is 3.10. The summed E-state index contributed by atoms with van der Waals surface area (Å²) in [5.74, 6) is 0.970. The van der Waals surface area contributed by atoms with Crippen LogP contribution in [0.5, 0.6) is 5.75 Å². The van der Waals surface area contributed by atoms with Gasteiger partial charge in [0.15, 0.2) is 0 Å². The second-order valence-electron chi connectivity index (χ2n) is 7.26. The Hall–Kier alpha value is -2.52. The van der Waals surface area contributed by atoms with Crippen molar-refractivity contribution in [2.75, 3.05) is 13.7 Å². The van der Waals surface area contributed by atoms with Gasteiger partial charge in [0.25, 0.3) is 0 Å². The van der Waals surface area contributed by atoms with Gasteiger partial charge in [0, 0.05) is 37.1 Å². The van der Waals surface area contributed by atoms with E-state index in [9.17, 15) is 0 Å². The van der Waals surface area contributed by atoms with Crippen LogP contribution in [0, 0.1) is 0 Å². The first-order valence-corrected chi connectivity index (χ1v) is 9.90. The zero-order valence-electron chi connectivity index (χ0n) is 16.3. The van der Waals surface area contributed by atoms with Crippen molar-refractivity contribution < 1.29 is 4.74 Å². The predicted octanol–water partition coefficient (Wildman–Crippen LogP) is 5.05. The lowest BCUT2D eigenvalue weighted by molar-refractivity contribution is 0.217. The van der Waals surface area contributed by atoms with Gasteiger partial charge in [0.05, 0.1) is 13.2 Å². The summed E-state index contributed by atoms with van der Waals surface area (Å²) in [6, 6.07) is 22.3. The molecule has 2 heterocycles. The highest BCUT2D eigenvalue weighted by Crippen LogP contribution is 2.34. The molecule has 1 atom stereocenters. The molecule has 0 saturated heterocycles. The fraction of sp³-hybridized carbons (Fsp3) is 0.333. The number of nitrogens with zero attached hydrogens (tertiary/aromatic N) is 2. The van der Waals surface area contributed by atoms with Crippen LogP contribution >= 0.6 is 0 Å². The van der Waals surface area contributed by atoms with Crippen molar-refractivity contribution in [3.05, 3.63) is 89.2 Å². The van der Waals surface area contributed by atoms with E-state index in [-0.39, 0.29) is 6.04 Å². The zero-order valence-corrected chi connectivity index (χ0v) is 16.3. The smallest absolute Gasteiger partial charge is 0.123 e. The van der Waals surface area contributed by atoms with Gasteiger partial charge in [-0.05, 0) is 42.2 Å². The highest BCUT2D eigenvalue weighted by Gasteiger charge is 2.27. The number of benzene rings is 2. The van der Waals surface area contributed by atoms with Crippen LogP contribution in [-0.2, 0) is 19.5 Å². The van der Waals surface area contributed by atoms with Gasteiger partial charge in [-0.1, -0.05) is 49.4 Å². The monoisotopic (exact) mass is 360 g/mol. The molecule has 1 aliphatic rings. The summed E-state index contributed by atoms with van der Waals surface area (Å²) >= 11 is 0. The third-order valence-electron chi connectivity index (χ3n) is 5.62. The van der Waals surface area contributed by atoms with E-state index in [2.05, 4.69) is 77.2 Å². The van der Waals surface area contributed by atoms with E-state index in [0.29, 0.717) is 0 Å². The Kier molecular flexibility index (Phi) is 5.30. The van der Waals surface area contributed by atoms with E-state index < -0.39 is 0 Å². The number of para-hydroxylation sites is 1. The van der Waals surface area contributed by atoms with Crippen LogP contribution in [0.2, 0.25) is 0 Å². The van der Waals surface area contributed by atoms with E-state index in [0.717, 1.165) is 38.2 Å². The van der Waals surface area contributed by atoms with Crippen LogP contribution in [-0.4, -0.2) is 23.1 Å². The van der Waals surface area contributed by atoms with Gasteiger partial charge in [-0.25, -0.2) is 0 Å². The molecule has 0 spiro atoms. The van der Waals surface area contributed by atoms with E-state index in [4.69, 9.17) is 4.74 Å². The molecular weight excluding hydrogens is 332 g/mol. The zero-order chi connectivity index (χ0) is 18.6. The van der Waals surface area contributed by atoms with Gasteiger partial charge in [-0.2, -0.15) is 0 Å². The number of aryl methyl sites for hydroxylation is 2. The van der Waals surface area contributed by atoms with E-state index in [1.165, 1.54) is 22.4 Å². The van der Waals surface area contributed by atoms with Gasteiger partial charge >= 0.3 is 0 Å². The molecule has 140 valence electrons. The maximum atomic E-state index is 5.61. The summed E-state index contributed by atoms with van der Waals surface area (Å²) < 4.78 is 8.03. The highest BCUT2D eigenvalue weighted by atomic mass is 16.5. The van der Waals surface area contributed by atoms with Crippen molar-refractivity contribution in [2.45, 2.75) is 38.9 Å². The molecule has 0 aliphatic carbocycles. The van der Waals surface area contributed by atoms with Crippen LogP contribution in [0.3, 0.4) is 0 Å². The first-order valence-electron chi connectivity index (χ1n) is 9.90. The topological polar surface area (TPSA) is 17.4 Å². The quantitative estimate of drug-likeness (QED) is 0.633. The normalized spacial score (nSPS) is 17.3. The molecule has 3 nitrogen and oxygen atoms in total. The average molecular weight is 361 g/mol. The van der Waals surface area contributed by atoms with Crippen molar-refractivity contribution >= 4 is 0 Å². The van der Waals surface area contributed by atoms with Crippen molar-refractivity contribution in [1.29, 1.82) is 0 Å². The molecule has 0 fully saturated rings. The molecule has 0 radical (unpaired) electrons. The van der Waals surface area contributed by atoms with Crippen LogP contribution in [0.4, 0.5) is 0 Å². The minimum atomic E-state index is 0.262. The largest absolute Gasteiger partial charge is 0.496 e. The number of hydrogen-bond donors (Lipinski definition) is 0. The van der Waals surface area contributed by atoms with Crippen molar-refractivity contribution in [2.24, 2.45) is 0 Å². The summed E-state index contributed by atoms with van der Waals surface area (Å²) in [5.41, 5.74) is 5.38. The number of rotatable bonds is 5. The molecule has 3 heteroatoms. The van der Waals surface area contributed by atoms with E-state index in [1.54, 1.807) is 7.11 Å². The molecule has 27 heavy (non-hydrogen) atoms. The molecule has 0 amide bonds. The molecule has 1 aliphatic heterocycles. The van der Waals surface area contributed by atoms with Gasteiger partial charge < -0.3 is 9.30 Å². The third kappa shape index (κ3) is 3.65. The summed E-state index contributed by atoms with van der Waals surface area (Å²) in [4.78, 5) is 2.59. The molecule has 2 aromatic carbocycles. The fourth-order valence-electron chi connectivity index (χ4n) is 4.18. The number of ether oxygens (including phenoxy) is 1. The second-order valence-corrected chi connectivity index (χ2v) is 7.26. The van der Waals surface area contributed by atoms with Gasteiger partial charge in [-0.3, -0.25) is 4.90 Å². The first kappa shape index (κ1) is 17.9. The van der Waals surface area contributed by atoms with Crippen LogP contribution in [0.1, 0.15) is 41.8 Å². The Morgan fingerprint density at radius 3 is 2.56 bits per heavy atom. The lowest BCUT2D eigenvalue weighted by Crippen LogP contribution is -2.29. The number of fused-ring (bicyclic) bond motifs is 1. The van der Waals surface area contributed by atoms with Crippen molar-refractivity contribution in [3.8, 4) is 5.75 Å². The third-order valence-corrected chi connectivity index (χ3v) is 5.62. The minimum Gasteiger partial charge on any atom is -0.496 e. The summed E-state index contributed by atoms with van der Waals surface area (Å²) in [6.07, 6.45) is 4.45. The van der Waals surface area contributed by atoms with Gasteiger partial charge in [-0.15, -0.1) is 0 Å². The molecule has 4 rings (SSSR count). The molecular formula is C24H28N2O. The van der Waals surface area contributed by atoms with E-state index in [1.807, 2.05) is 6.07 Å². The van der Waals surface area contributed by atoms with Gasteiger partial charge in [0.2, 0.25) is 0 Å². The SMILES string of the molecule is CCc1ccc(C2c3cccn3CCCN2Cc2ccccc2OC)cc1. The Bertz CT molecular complexity index is 881. The highest BCUT2D eigenvalue weighted by molar-refractivity contribution is 5.35. The minimum absolute atomic E-state index is 0.262. The van der Waals surface area contributed by atoms with Crippen LogP contribution < -0.4 is 4.74 Å². The van der Waals surface area contributed by atoms with E-state index >= 15 is 0 Å². The molecule has 1 unspecified atom stereocenters. The van der Waals surface area contributed by atoms with Crippen molar-refractivity contribution in [1.82, 2.24) is 9.47 Å². The Labute approximate surface area is 162 Å². The standard InChI is InChI=1S/C24H28N2O/c1-3-19-11-13-20(14-12-19)24-22-9-6-15-25(22)16-7-17-26(24)18-21-8-4-5-10-23(21)27-2/h4-6,8-15,24H,3,7,16-18H2,1-2H3. The molecule has 0 N–H and O–H groups in total.